The van der Waals surface area contributed by atoms with E-state index in [1.165, 1.54) is 12.8 Å². The highest BCUT2D eigenvalue weighted by molar-refractivity contribution is 5.64. The maximum atomic E-state index is 5.46. The third-order valence-electron chi connectivity index (χ3n) is 4.77. The lowest BCUT2D eigenvalue weighted by atomic mass is 10.1. The van der Waals surface area contributed by atoms with E-state index in [4.69, 9.17) is 14.5 Å². The number of unbranched alkanes of at least 4 members (excludes halogenated alkanes) is 2. The summed E-state index contributed by atoms with van der Waals surface area (Å²) >= 11 is 0. The van der Waals surface area contributed by atoms with Crippen molar-refractivity contribution in [3.63, 3.8) is 0 Å². The number of benzene rings is 2. The SMILES string of the molecule is CCCCCNc1cc(-c2ccccc2)nc(NCc2ccc3c(c2)OCO3)n1. The minimum atomic E-state index is 0.279. The summed E-state index contributed by atoms with van der Waals surface area (Å²) in [5.74, 6) is 3.00. The van der Waals surface area contributed by atoms with Gasteiger partial charge in [0, 0.05) is 24.7 Å². The van der Waals surface area contributed by atoms with Crippen LogP contribution in [0.4, 0.5) is 11.8 Å². The van der Waals surface area contributed by atoms with Crippen LogP contribution >= 0.6 is 0 Å². The van der Waals surface area contributed by atoms with E-state index in [0.717, 1.165) is 47.1 Å². The summed E-state index contributed by atoms with van der Waals surface area (Å²) in [5.41, 5.74) is 3.05. The maximum Gasteiger partial charge on any atom is 0.231 e. The number of hydrogen-bond donors (Lipinski definition) is 2. The molecule has 0 atom stereocenters. The molecule has 6 nitrogen and oxygen atoms in total. The number of nitrogens with zero attached hydrogens (tertiary/aromatic N) is 2. The minimum Gasteiger partial charge on any atom is -0.454 e. The fourth-order valence-corrected chi connectivity index (χ4v) is 3.20. The smallest absolute Gasteiger partial charge is 0.231 e. The van der Waals surface area contributed by atoms with Gasteiger partial charge in [-0.15, -0.1) is 0 Å². The molecule has 1 aromatic heterocycles. The Morgan fingerprint density at radius 1 is 0.897 bits per heavy atom. The van der Waals surface area contributed by atoms with E-state index in [1.54, 1.807) is 0 Å². The molecule has 0 bridgehead atoms. The van der Waals surface area contributed by atoms with Gasteiger partial charge in [-0.1, -0.05) is 56.2 Å². The standard InChI is InChI=1S/C23H26N4O2/c1-2-3-7-12-24-22-14-19(18-8-5-4-6-9-18)26-23(27-22)25-15-17-10-11-20-21(13-17)29-16-28-20/h4-6,8-11,13-14H,2-3,7,12,15-16H2,1H3,(H2,24,25,26,27). The summed E-state index contributed by atoms with van der Waals surface area (Å²) in [5, 5.41) is 6.78. The first-order chi connectivity index (χ1) is 14.3. The highest BCUT2D eigenvalue weighted by Crippen LogP contribution is 2.32. The van der Waals surface area contributed by atoms with Gasteiger partial charge in [0.05, 0.1) is 5.69 Å². The van der Waals surface area contributed by atoms with Gasteiger partial charge in [0.25, 0.3) is 0 Å². The average molecular weight is 390 g/mol. The van der Waals surface area contributed by atoms with Crippen LogP contribution < -0.4 is 20.1 Å². The Morgan fingerprint density at radius 3 is 2.62 bits per heavy atom. The quantitative estimate of drug-likeness (QED) is 0.496. The van der Waals surface area contributed by atoms with Crippen LogP contribution in [0.15, 0.2) is 54.6 Å². The van der Waals surface area contributed by atoms with Gasteiger partial charge in [-0.25, -0.2) is 4.98 Å². The molecule has 0 amide bonds. The van der Waals surface area contributed by atoms with Gasteiger partial charge in [0.15, 0.2) is 11.5 Å². The van der Waals surface area contributed by atoms with E-state index in [9.17, 15) is 0 Å². The third-order valence-corrected chi connectivity index (χ3v) is 4.77. The first-order valence-electron chi connectivity index (χ1n) is 10.1. The molecule has 150 valence electrons. The zero-order valence-electron chi connectivity index (χ0n) is 16.6. The number of fused-ring (bicyclic) bond motifs is 1. The number of ether oxygens (including phenoxy) is 2. The number of nitrogens with one attached hydrogen (secondary N) is 2. The Labute approximate surface area is 171 Å². The Balaban J connectivity index is 1.51. The summed E-state index contributed by atoms with van der Waals surface area (Å²) in [7, 11) is 0. The molecule has 1 aliphatic rings. The molecule has 3 aromatic rings. The largest absolute Gasteiger partial charge is 0.454 e. The molecular formula is C23H26N4O2. The Morgan fingerprint density at radius 2 is 1.76 bits per heavy atom. The molecule has 0 radical (unpaired) electrons. The topological polar surface area (TPSA) is 68.3 Å². The zero-order valence-corrected chi connectivity index (χ0v) is 16.6. The van der Waals surface area contributed by atoms with Crippen LogP contribution in [0, 0.1) is 0 Å². The monoisotopic (exact) mass is 390 g/mol. The van der Waals surface area contributed by atoms with E-state index in [2.05, 4.69) is 34.7 Å². The fourth-order valence-electron chi connectivity index (χ4n) is 3.20. The van der Waals surface area contributed by atoms with Crippen molar-refractivity contribution >= 4 is 11.8 Å². The Kier molecular flexibility index (Phi) is 6.10. The van der Waals surface area contributed by atoms with Gasteiger partial charge in [-0.05, 0) is 24.1 Å². The van der Waals surface area contributed by atoms with E-state index in [1.807, 2.05) is 42.5 Å². The molecule has 2 heterocycles. The van der Waals surface area contributed by atoms with Crippen molar-refractivity contribution in [2.24, 2.45) is 0 Å². The zero-order chi connectivity index (χ0) is 19.9. The first-order valence-corrected chi connectivity index (χ1v) is 10.1. The Hall–Kier alpha value is -3.28. The summed E-state index contributed by atoms with van der Waals surface area (Å²) in [6, 6.07) is 18.1. The van der Waals surface area contributed by atoms with Crippen LogP contribution in [-0.4, -0.2) is 23.3 Å². The second-order valence-corrected chi connectivity index (χ2v) is 7.00. The molecule has 0 saturated heterocycles. The second kappa shape index (κ2) is 9.28. The normalized spacial score (nSPS) is 12.0. The molecule has 29 heavy (non-hydrogen) atoms. The van der Waals surface area contributed by atoms with E-state index in [0.29, 0.717) is 12.5 Å². The van der Waals surface area contributed by atoms with Gasteiger partial charge < -0.3 is 20.1 Å². The molecule has 2 N–H and O–H groups in total. The van der Waals surface area contributed by atoms with Gasteiger partial charge in [0.1, 0.15) is 5.82 Å². The summed E-state index contributed by atoms with van der Waals surface area (Å²) in [6.07, 6.45) is 3.53. The molecule has 6 heteroatoms. The van der Waals surface area contributed by atoms with Crippen molar-refractivity contribution < 1.29 is 9.47 Å². The van der Waals surface area contributed by atoms with Crippen molar-refractivity contribution in [3.8, 4) is 22.8 Å². The molecule has 1 aliphatic heterocycles. The molecule has 2 aromatic carbocycles. The molecule has 0 spiro atoms. The molecular weight excluding hydrogens is 364 g/mol. The lowest BCUT2D eigenvalue weighted by molar-refractivity contribution is 0.174. The van der Waals surface area contributed by atoms with Crippen LogP contribution in [-0.2, 0) is 6.54 Å². The molecule has 0 aliphatic carbocycles. The molecule has 0 fully saturated rings. The van der Waals surface area contributed by atoms with Gasteiger partial charge >= 0.3 is 0 Å². The third kappa shape index (κ3) is 4.96. The lowest BCUT2D eigenvalue weighted by Gasteiger charge is -2.12. The molecule has 0 saturated carbocycles. The van der Waals surface area contributed by atoms with Gasteiger partial charge in [0.2, 0.25) is 12.7 Å². The van der Waals surface area contributed by atoms with Crippen LogP contribution in [0.1, 0.15) is 31.7 Å². The minimum absolute atomic E-state index is 0.279. The van der Waals surface area contributed by atoms with E-state index < -0.39 is 0 Å². The number of rotatable bonds is 9. The van der Waals surface area contributed by atoms with Crippen LogP contribution in [0.3, 0.4) is 0 Å². The second-order valence-electron chi connectivity index (χ2n) is 7.00. The van der Waals surface area contributed by atoms with Crippen LogP contribution in [0.25, 0.3) is 11.3 Å². The van der Waals surface area contributed by atoms with Crippen molar-refractivity contribution in [2.75, 3.05) is 24.0 Å². The fraction of sp³-hybridized carbons (Fsp3) is 0.304. The summed E-state index contributed by atoms with van der Waals surface area (Å²) < 4.78 is 10.8. The van der Waals surface area contributed by atoms with Crippen molar-refractivity contribution in [1.82, 2.24) is 9.97 Å². The van der Waals surface area contributed by atoms with Crippen molar-refractivity contribution in [1.29, 1.82) is 0 Å². The van der Waals surface area contributed by atoms with Crippen molar-refractivity contribution in [2.45, 2.75) is 32.7 Å². The lowest BCUT2D eigenvalue weighted by Crippen LogP contribution is -2.09. The average Bonchev–Trinajstić information content (AvgIpc) is 3.24. The van der Waals surface area contributed by atoms with Gasteiger partial charge in [-0.3, -0.25) is 0 Å². The van der Waals surface area contributed by atoms with Crippen LogP contribution in [0.2, 0.25) is 0 Å². The highest BCUT2D eigenvalue weighted by atomic mass is 16.7. The van der Waals surface area contributed by atoms with E-state index in [-0.39, 0.29) is 6.79 Å². The highest BCUT2D eigenvalue weighted by Gasteiger charge is 2.13. The molecule has 4 rings (SSSR count). The van der Waals surface area contributed by atoms with Crippen molar-refractivity contribution in [3.05, 3.63) is 60.2 Å². The summed E-state index contributed by atoms with van der Waals surface area (Å²) in [6.45, 7) is 3.99. The van der Waals surface area contributed by atoms with E-state index >= 15 is 0 Å². The maximum absolute atomic E-state index is 5.46. The number of hydrogen-bond acceptors (Lipinski definition) is 6. The number of anilines is 2. The Bertz CT molecular complexity index is 947. The van der Waals surface area contributed by atoms with Gasteiger partial charge in [-0.2, -0.15) is 4.98 Å². The predicted octanol–water partition coefficient (Wildman–Crippen LogP) is 5.09. The first kappa shape index (κ1) is 19.1. The summed E-state index contributed by atoms with van der Waals surface area (Å²) in [4.78, 5) is 9.37. The number of aromatic nitrogens is 2. The van der Waals surface area contributed by atoms with Crippen LogP contribution in [0.5, 0.6) is 11.5 Å². The molecule has 0 unspecified atom stereocenters. The predicted molar refractivity (Wildman–Crippen MR) is 115 cm³/mol.